The predicted octanol–water partition coefficient (Wildman–Crippen LogP) is 4.56. The molecule has 0 spiro atoms. The highest BCUT2D eigenvalue weighted by Crippen LogP contribution is 2.33. The van der Waals surface area contributed by atoms with E-state index in [0.29, 0.717) is 12.1 Å². The van der Waals surface area contributed by atoms with Crippen LogP contribution in [0.5, 0.6) is 5.75 Å². The first-order valence-electron chi connectivity index (χ1n) is 8.02. The number of benzene rings is 1. The van der Waals surface area contributed by atoms with E-state index in [4.69, 9.17) is 4.74 Å². The van der Waals surface area contributed by atoms with E-state index >= 15 is 0 Å². The van der Waals surface area contributed by atoms with Gasteiger partial charge in [-0.05, 0) is 37.7 Å². The Morgan fingerprint density at radius 3 is 2.50 bits per heavy atom. The van der Waals surface area contributed by atoms with Gasteiger partial charge in [0, 0.05) is 17.6 Å². The number of ether oxygens (including phenoxy) is 1. The van der Waals surface area contributed by atoms with Gasteiger partial charge in [-0.15, -0.1) is 0 Å². The summed E-state index contributed by atoms with van der Waals surface area (Å²) in [6.07, 6.45) is 5.43. The maximum absolute atomic E-state index is 5.49. The Kier molecular flexibility index (Phi) is 5.47. The number of methoxy groups -OCH3 is 1. The van der Waals surface area contributed by atoms with Crippen molar-refractivity contribution in [1.29, 1.82) is 0 Å². The zero-order valence-corrected chi connectivity index (χ0v) is 13.4. The summed E-state index contributed by atoms with van der Waals surface area (Å²) in [7, 11) is 1.75. The highest BCUT2D eigenvalue weighted by atomic mass is 16.5. The van der Waals surface area contributed by atoms with Crippen molar-refractivity contribution in [1.82, 2.24) is 5.32 Å². The predicted molar refractivity (Wildman–Crippen MR) is 85.1 cm³/mol. The Morgan fingerprint density at radius 2 is 1.80 bits per heavy atom. The second-order valence-corrected chi connectivity index (χ2v) is 6.43. The third-order valence-electron chi connectivity index (χ3n) is 4.75. The van der Waals surface area contributed by atoms with Crippen LogP contribution in [0.15, 0.2) is 24.3 Å². The minimum Gasteiger partial charge on any atom is -0.496 e. The van der Waals surface area contributed by atoms with E-state index in [2.05, 4.69) is 38.2 Å². The van der Waals surface area contributed by atoms with E-state index in [-0.39, 0.29) is 0 Å². The van der Waals surface area contributed by atoms with E-state index in [1.54, 1.807) is 7.11 Å². The minimum absolute atomic E-state index is 0.343. The maximum atomic E-state index is 5.49. The van der Waals surface area contributed by atoms with Gasteiger partial charge in [-0.1, -0.05) is 44.9 Å². The summed E-state index contributed by atoms with van der Waals surface area (Å²) in [6.45, 7) is 6.97. The van der Waals surface area contributed by atoms with Crippen molar-refractivity contribution in [2.75, 3.05) is 7.11 Å². The van der Waals surface area contributed by atoms with Crippen LogP contribution < -0.4 is 10.1 Å². The standard InChI is InChI=1S/C18H29NO/c1-13(2)15-9-5-7-11-17(15)19-14(3)16-10-6-8-12-18(16)20-4/h6,8,10,12-15,17,19H,5,7,9,11H2,1-4H3/t14-,15?,17?/m0/s1. The molecule has 1 N–H and O–H groups in total. The summed E-state index contributed by atoms with van der Waals surface area (Å²) in [4.78, 5) is 0. The summed E-state index contributed by atoms with van der Waals surface area (Å²) in [5.74, 6) is 2.56. The van der Waals surface area contributed by atoms with Gasteiger partial charge in [-0.25, -0.2) is 0 Å². The largest absolute Gasteiger partial charge is 0.496 e. The van der Waals surface area contributed by atoms with Gasteiger partial charge in [-0.2, -0.15) is 0 Å². The molecule has 0 radical (unpaired) electrons. The molecule has 0 bridgehead atoms. The summed E-state index contributed by atoms with van der Waals surface area (Å²) in [5, 5.41) is 3.86. The first-order valence-corrected chi connectivity index (χ1v) is 8.02. The number of para-hydroxylation sites is 1. The lowest BCUT2D eigenvalue weighted by Gasteiger charge is -2.37. The Balaban J connectivity index is 2.07. The van der Waals surface area contributed by atoms with E-state index in [0.717, 1.165) is 17.6 Å². The number of hydrogen-bond acceptors (Lipinski definition) is 2. The molecular formula is C18H29NO. The second-order valence-electron chi connectivity index (χ2n) is 6.43. The summed E-state index contributed by atoms with van der Waals surface area (Å²) < 4.78 is 5.49. The quantitative estimate of drug-likeness (QED) is 0.850. The maximum Gasteiger partial charge on any atom is 0.123 e. The average molecular weight is 275 g/mol. The first kappa shape index (κ1) is 15.4. The Bertz CT molecular complexity index is 416. The van der Waals surface area contributed by atoms with Crippen LogP contribution in [0.1, 0.15) is 58.1 Å². The van der Waals surface area contributed by atoms with Crippen molar-refractivity contribution in [2.45, 2.75) is 58.5 Å². The molecule has 3 atom stereocenters. The lowest BCUT2D eigenvalue weighted by atomic mass is 9.77. The molecular weight excluding hydrogens is 246 g/mol. The van der Waals surface area contributed by atoms with Crippen LogP contribution in [-0.2, 0) is 0 Å². The van der Waals surface area contributed by atoms with Gasteiger partial charge < -0.3 is 10.1 Å². The van der Waals surface area contributed by atoms with Crippen molar-refractivity contribution in [3.05, 3.63) is 29.8 Å². The Morgan fingerprint density at radius 1 is 1.10 bits per heavy atom. The van der Waals surface area contributed by atoms with Crippen LogP contribution in [0.3, 0.4) is 0 Å². The molecule has 0 heterocycles. The summed E-state index contributed by atoms with van der Waals surface area (Å²) in [5.41, 5.74) is 1.27. The lowest BCUT2D eigenvalue weighted by Crippen LogP contribution is -2.42. The molecule has 1 saturated carbocycles. The lowest BCUT2D eigenvalue weighted by molar-refractivity contribution is 0.194. The SMILES string of the molecule is COc1ccccc1[C@H](C)NC1CCCCC1C(C)C. The molecule has 2 rings (SSSR count). The van der Waals surface area contributed by atoms with Crippen molar-refractivity contribution >= 4 is 0 Å². The van der Waals surface area contributed by atoms with E-state index in [1.807, 2.05) is 12.1 Å². The molecule has 1 aromatic carbocycles. The van der Waals surface area contributed by atoms with Crippen molar-refractivity contribution in [2.24, 2.45) is 11.8 Å². The van der Waals surface area contributed by atoms with Crippen molar-refractivity contribution in [3.8, 4) is 5.75 Å². The molecule has 1 aromatic rings. The topological polar surface area (TPSA) is 21.3 Å². The van der Waals surface area contributed by atoms with Gasteiger partial charge in [0.2, 0.25) is 0 Å². The minimum atomic E-state index is 0.343. The average Bonchev–Trinajstić information content (AvgIpc) is 2.47. The van der Waals surface area contributed by atoms with E-state index < -0.39 is 0 Å². The molecule has 2 unspecified atom stereocenters. The molecule has 0 aromatic heterocycles. The number of nitrogens with one attached hydrogen (secondary N) is 1. The fourth-order valence-electron chi connectivity index (χ4n) is 3.60. The second kappa shape index (κ2) is 7.12. The molecule has 0 amide bonds. The zero-order valence-electron chi connectivity index (χ0n) is 13.4. The van der Waals surface area contributed by atoms with Gasteiger partial charge in [0.25, 0.3) is 0 Å². The summed E-state index contributed by atoms with van der Waals surface area (Å²) >= 11 is 0. The van der Waals surface area contributed by atoms with Gasteiger partial charge in [0.1, 0.15) is 5.75 Å². The number of hydrogen-bond donors (Lipinski definition) is 1. The molecule has 0 aliphatic heterocycles. The molecule has 2 nitrogen and oxygen atoms in total. The molecule has 1 aliphatic rings. The molecule has 0 saturated heterocycles. The van der Waals surface area contributed by atoms with Crippen molar-refractivity contribution in [3.63, 3.8) is 0 Å². The van der Waals surface area contributed by atoms with Gasteiger partial charge in [0.05, 0.1) is 7.11 Å². The Hall–Kier alpha value is -1.02. The highest BCUT2D eigenvalue weighted by molar-refractivity contribution is 5.35. The summed E-state index contributed by atoms with van der Waals surface area (Å²) in [6, 6.07) is 9.33. The monoisotopic (exact) mass is 275 g/mol. The Labute approximate surface area is 123 Å². The van der Waals surface area contributed by atoms with Crippen LogP contribution in [0.4, 0.5) is 0 Å². The van der Waals surface area contributed by atoms with Gasteiger partial charge >= 0.3 is 0 Å². The van der Waals surface area contributed by atoms with E-state index in [9.17, 15) is 0 Å². The molecule has 1 fully saturated rings. The first-order chi connectivity index (χ1) is 9.63. The van der Waals surface area contributed by atoms with Crippen LogP contribution >= 0.6 is 0 Å². The van der Waals surface area contributed by atoms with Crippen molar-refractivity contribution < 1.29 is 4.74 Å². The molecule has 2 heteroatoms. The highest BCUT2D eigenvalue weighted by Gasteiger charge is 2.28. The van der Waals surface area contributed by atoms with Gasteiger partial charge in [-0.3, -0.25) is 0 Å². The van der Waals surface area contributed by atoms with Crippen LogP contribution in [0, 0.1) is 11.8 Å². The number of rotatable bonds is 5. The van der Waals surface area contributed by atoms with E-state index in [1.165, 1.54) is 31.2 Å². The molecule has 112 valence electrons. The van der Waals surface area contributed by atoms with Crippen LogP contribution in [0.2, 0.25) is 0 Å². The van der Waals surface area contributed by atoms with Crippen LogP contribution in [0.25, 0.3) is 0 Å². The normalized spacial score (nSPS) is 24.6. The van der Waals surface area contributed by atoms with Crippen LogP contribution in [-0.4, -0.2) is 13.2 Å². The third-order valence-corrected chi connectivity index (χ3v) is 4.75. The third kappa shape index (κ3) is 3.54. The molecule has 1 aliphatic carbocycles. The smallest absolute Gasteiger partial charge is 0.123 e. The molecule has 20 heavy (non-hydrogen) atoms. The fourth-order valence-corrected chi connectivity index (χ4v) is 3.60. The zero-order chi connectivity index (χ0) is 14.5. The fraction of sp³-hybridized carbons (Fsp3) is 0.667. The van der Waals surface area contributed by atoms with Gasteiger partial charge in [0.15, 0.2) is 0 Å².